The van der Waals surface area contributed by atoms with Crippen LogP contribution in [0.4, 0.5) is 0 Å². The summed E-state index contributed by atoms with van der Waals surface area (Å²) in [5.74, 6) is 0.500. The van der Waals surface area contributed by atoms with E-state index in [4.69, 9.17) is 5.73 Å². The van der Waals surface area contributed by atoms with E-state index < -0.39 is 0 Å². The van der Waals surface area contributed by atoms with Crippen LogP contribution in [0.25, 0.3) is 5.52 Å². The average Bonchev–Trinajstić information content (AvgIpc) is 2.59. The number of hydrogen-bond acceptors (Lipinski definition) is 2. The summed E-state index contributed by atoms with van der Waals surface area (Å²) in [5.41, 5.74) is 9.09. The smallest absolute Gasteiger partial charge is 0.0667 e. The minimum absolute atomic E-state index is 0.500. The van der Waals surface area contributed by atoms with Gasteiger partial charge in [-0.3, -0.25) is 0 Å². The fourth-order valence-electron chi connectivity index (χ4n) is 1.79. The molecule has 0 saturated heterocycles. The highest BCUT2D eigenvalue weighted by Crippen LogP contribution is 2.12. The third-order valence-corrected chi connectivity index (χ3v) is 2.65. The number of pyridine rings is 1. The molecule has 0 radical (unpaired) electrons. The zero-order valence-corrected chi connectivity index (χ0v) is 9.27. The summed E-state index contributed by atoms with van der Waals surface area (Å²) in [5, 5.41) is 4.48. The molecule has 2 heterocycles. The van der Waals surface area contributed by atoms with Gasteiger partial charge in [-0.05, 0) is 44.0 Å². The molecule has 0 aliphatic rings. The maximum Gasteiger partial charge on any atom is 0.0667 e. The number of hydrogen-bond donors (Lipinski definition) is 1. The highest BCUT2D eigenvalue weighted by molar-refractivity contribution is 5.48. The lowest BCUT2D eigenvalue weighted by molar-refractivity contribution is 0.574. The number of rotatable bonds is 3. The van der Waals surface area contributed by atoms with Gasteiger partial charge in [0, 0.05) is 5.69 Å². The molecule has 0 spiro atoms. The molecule has 0 bridgehead atoms. The van der Waals surface area contributed by atoms with Crippen molar-refractivity contribution in [3.05, 3.63) is 35.7 Å². The van der Waals surface area contributed by atoms with Crippen LogP contribution in [0, 0.1) is 12.8 Å². The third kappa shape index (κ3) is 2.02. The maximum absolute atomic E-state index is 5.64. The van der Waals surface area contributed by atoms with Gasteiger partial charge in [-0.25, -0.2) is 4.52 Å². The Balaban J connectivity index is 2.41. The van der Waals surface area contributed by atoms with Crippen molar-refractivity contribution in [2.24, 2.45) is 11.7 Å². The van der Waals surface area contributed by atoms with Crippen LogP contribution < -0.4 is 5.73 Å². The van der Waals surface area contributed by atoms with Gasteiger partial charge in [0.25, 0.3) is 0 Å². The van der Waals surface area contributed by atoms with Crippen LogP contribution in [0.3, 0.4) is 0 Å². The summed E-state index contributed by atoms with van der Waals surface area (Å²) in [6, 6.07) is 8.37. The number of nitrogens with zero attached hydrogens (tertiary/aromatic N) is 2. The van der Waals surface area contributed by atoms with Crippen molar-refractivity contribution in [3.8, 4) is 0 Å². The van der Waals surface area contributed by atoms with Gasteiger partial charge < -0.3 is 5.73 Å². The molecular weight excluding hydrogens is 186 g/mol. The predicted octanol–water partition coefficient (Wildman–Crippen LogP) is 1.78. The van der Waals surface area contributed by atoms with Gasteiger partial charge in [-0.15, -0.1) is 0 Å². The van der Waals surface area contributed by atoms with Gasteiger partial charge in [0.2, 0.25) is 0 Å². The lowest BCUT2D eigenvalue weighted by Gasteiger charge is -2.09. The molecule has 2 aromatic heterocycles. The van der Waals surface area contributed by atoms with Gasteiger partial charge in [0.05, 0.1) is 11.2 Å². The number of aromatic nitrogens is 2. The topological polar surface area (TPSA) is 43.3 Å². The number of fused-ring (bicyclic) bond motifs is 1. The molecule has 0 aliphatic carbocycles. The summed E-state index contributed by atoms with van der Waals surface area (Å²) in [6.45, 7) is 4.90. The van der Waals surface area contributed by atoms with Gasteiger partial charge in [-0.2, -0.15) is 5.10 Å². The fourth-order valence-corrected chi connectivity index (χ4v) is 1.79. The lowest BCUT2D eigenvalue weighted by atomic mass is 10.1. The monoisotopic (exact) mass is 203 g/mol. The summed E-state index contributed by atoms with van der Waals surface area (Å²) < 4.78 is 2.02. The van der Waals surface area contributed by atoms with Gasteiger partial charge in [0.1, 0.15) is 0 Å². The summed E-state index contributed by atoms with van der Waals surface area (Å²) in [6.07, 6.45) is 0.981. The summed E-state index contributed by atoms with van der Waals surface area (Å²) in [7, 11) is 0. The van der Waals surface area contributed by atoms with Crippen molar-refractivity contribution in [2.75, 3.05) is 6.54 Å². The quantitative estimate of drug-likeness (QED) is 0.826. The molecule has 0 amide bonds. The fraction of sp³-hybridized carbons (Fsp3) is 0.417. The number of nitrogens with two attached hydrogens (primary N) is 1. The van der Waals surface area contributed by atoms with Crippen molar-refractivity contribution in [3.63, 3.8) is 0 Å². The highest BCUT2D eigenvalue weighted by Gasteiger charge is 2.06. The molecule has 1 unspecified atom stereocenters. The summed E-state index contributed by atoms with van der Waals surface area (Å²) >= 11 is 0. The molecule has 1 atom stereocenters. The molecule has 2 N–H and O–H groups in total. The van der Waals surface area contributed by atoms with E-state index in [-0.39, 0.29) is 0 Å². The van der Waals surface area contributed by atoms with E-state index in [9.17, 15) is 0 Å². The second-order valence-corrected chi connectivity index (χ2v) is 4.18. The Kier molecular flexibility index (Phi) is 2.73. The van der Waals surface area contributed by atoms with Crippen LogP contribution in [-0.2, 0) is 6.42 Å². The molecule has 3 heteroatoms. The van der Waals surface area contributed by atoms with E-state index in [2.05, 4.69) is 36.3 Å². The van der Waals surface area contributed by atoms with E-state index in [1.807, 2.05) is 11.4 Å². The molecule has 15 heavy (non-hydrogen) atoms. The Labute approximate surface area is 89.9 Å². The van der Waals surface area contributed by atoms with Gasteiger partial charge in [0.15, 0.2) is 0 Å². The van der Waals surface area contributed by atoms with Crippen LogP contribution in [0.1, 0.15) is 18.3 Å². The second kappa shape index (κ2) is 4.03. The van der Waals surface area contributed by atoms with Crippen molar-refractivity contribution in [1.29, 1.82) is 0 Å². The second-order valence-electron chi connectivity index (χ2n) is 4.18. The Morgan fingerprint density at radius 1 is 1.47 bits per heavy atom. The highest BCUT2D eigenvalue weighted by atomic mass is 15.2. The van der Waals surface area contributed by atoms with Crippen LogP contribution in [0.15, 0.2) is 24.3 Å². The van der Waals surface area contributed by atoms with E-state index >= 15 is 0 Å². The average molecular weight is 203 g/mol. The first-order valence-electron chi connectivity index (χ1n) is 5.35. The molecule has 2 aromatic rings. The summed E-state index contributed by atoms with van der Waals surface area (Å²) in [4.78, 5) is 0. The number of aryl methyl sites for hydroxylation is 1. The lowest BCUT2D eigenvalue weighted by Crippen LogP contribution is -2.15. The van der Waals surface area contributed by atoms with E-state index in [1.54, 1.807) is 0 Å². The first-order valence-corrected chi connectivity index (χ1v) is 5.35. The molecular formula is C12H17N3. The van der Waals surface area contributed by atoms with Crippen LogP contribution in [0.2, 0.25) is 0 Å². The molecule has 3 nitrogen and oxygen atoms in total. The third-order valence-electron chi connectivity index (χ3n) is 2.65. The van der Waals surface area contributed by atoms with E-state index in [0.717, 1.165) is 24.2 Å². The van der Waals surface area contributed by atoms with Crippen LogP contribution >= 0.6 is 0 Å². The van der Waals surface area contributed by atoms with Crippen molar-refractivity contribution < 1.29 is 0 Å². The molecule has 0 fully saturated rings. The van der Waals surface area contributed by atoms with Crippen molar-refractivity contribution in [1.82, 2.24) is 9.61 Å². The molecule has 0 aliphatic heterocycles. The van der Waals surface area contributed by atoms with Gasteiger partial charge in [-0.1, -0.05) is 13.0 Å². The van der Waals surface area contributed by atoms with E-state index in [1.165, 1.54) is 5.69 Å². The van der Waals surface area contributed by atoms with Crippen molar-refractivity contribution in [2.45, 2.75) is 20.3 Å². The molecule has 2 rings (SSSR count). The SMILES string of the molecule is Cc1cc2cccc(CC(C)CN)n2n1. The molecule has 80 valence electrons. The van der Waals surface area contributed by atoms with Crippen LogP contribution in [-0.4, -0.2) is 16.2 Å². The Hall–Kier alpha value is -1.35. The van der Waals surface area contributed by atoms with Gasteiger partial charge >= 0.3 is 0 Å². The van der Waals surface area contributed by atoms with E-state index in [0.29, 0.717) is 5.92 Å². The minimum Gasteiger partial charge on any atom is -0.330 e. The minimum atomic E-state index is 0.500. The maximum atomic E-state index is 5.64. The normalized spacial score (nSPS) is 13.3. The molecule has 0 saturated carbocycles. The Morgan fingerprint density at radius 3 is 3.00 bits per heavy atom. The van der Waals surface area contributed by atoms with Crippen molar-refractivity contribution >= 4 is 5.52 Å². The first-order chi connectivity index (χ1) is 7.20. The standard InChI is InChI=1S/C12H17N3/c1-9(8-13)6-11-4-3-5-12-7-10(2)14-15(11)12/h3-5,7,9H,6,8,13H2,1-2H3. The first kappa shape index (κ1) is 10.2. The zero-order chi connectivity index (χ0) is 10.8. The molecule has 0 aromatic carbocycles. The Bertz CT molecular complexity index is 459. The zero-order valence-electron chi connectivity index (χ0n) is 9.27. The van der Waals surface area contributed by atoms with Crippen LogP contribution in [0.5, 0.6) is 0 Å². The Morgan fingerprint density at radius 2 is 2.27 bits per heavy atom. The largest absolute Gasteiger partial charge is 0.330 e. The predicted molar refractivity (Wildman–Crippen MR) is 61.9 cm³/mol.